The van der Waals surface area contributed by atoms with Crippen LogP contribution in [0.3, 0.4) is 0 Å². The van der Waals surface area contributed by atoms with Gasteiger partial charge in [0.1, 0.15) is 5.69 Å². The molecule has 2 rings (SSSR count). The zero-order chi connectivity index (χ0) is 14.8. The third-order valence-electron chi connectivity index (χ3n) is 2.79. The molecule has 1 aromatic carbocycles. The number of nitrogens with one attached hydrogen (secondary N) is 1. The van der Waals surface area contributed by atoms with Gasteiger partial charge in [-0.05, 0) is 36.8 Å². The normalized spacial score (nSPS) is 13.1. The van der Waals surface area contributed by atoms with Gasteiger partial charge in [0.2, 0.25) is 0 Å². The molecule has 0 aliphatic heterocycles. The maximum atomic E-state index is 12.4. The number of benzene rings is 1. The molecule has 1 N–H and O–H groups in total. The molecule has 1 heterocycles. The highest BCUT2D eigenvalue weighted by molar-refractivity contribution is 9.10. The Morgan fingerprint density at radius 3 is 2.50 bits per heavy atom. The molecule has 106 valence electrons. The average molecular weight is 345 g/mol. The second-order valence-electron chi connectivity index (χ2n) is 4.35. The van der Waals surface area contributed by atoms with Gasteiger partial charge >= 0.3 is 6.18 Å². The number of halogens is 4. The maximum Gasteiger partial charge on any atom is 0.433 e. The Kier molecular flexibility index (Phi) is 4.32. The standard InChI is InChI=1S/C14H12BrF3N2/c1-9(10-3-2-4-11(15)7-10)20-12-5-6-13(19-8-12)14(16,17)18/h2-9,20H,1H3. The molecule has 0 fully saturated rings. The summed E-state index contributed by atoms with van der Waals surface area (Å²) >= 11 is 3.38. The number of anilines is 1. The van der Waals surface area contributed by atoms with Crippen LogP contribution in [0.15, 0.2) is 47.1 Å². The summed E-state index contributed by atoms with van der Waals surface area (Å²) in [6.45, 7) is 1.93. The summed E-state index contributed by atoms with van der Waals surface area (Å²) in [6, 6.07) is 10.0. The van der Waals surface area contributed by atoms with Crippen LogP contribution in [0.1, 0.15) is 24.2 Å². The highest BCUT2D eigenvalue weighted by Gasteiger charge is 2.32. The SMILES string of the molecule is CC(Nc1ccc(C(F)(F)F)nc1)c1cccc(Br)c1. The molecule has 0 saturated carbocycles. The third-order valence-corrected chi connectivity index (χ3v) is 3.28. The highest BCUT2D eigenvalue weighted by Crippen LogP contribution is 2.28. The number of pyridine rings is 1. The van der Waals surface area contributed by atoms with Crippen molar-refractivity contribution in [3.8, 4) is 0 Å². The fourth-order valence-electron chi connectivity index (χ4n) is 1.76. The first-order chi connectivity index (χ1) is 9.36. The van der Waals surface area contributed by atoms with Gasteiger partial charge < -0.3 is 5.32 Å². The van der Waals surface area contributed by atoms with Crippen molar-refractivity contribution in [2.45, 2.75) is 19.1 Å². The molecule has 0 radical (unpaired) electrons. The van der Waals surface area contributed by atoms with Gasteiger partial charge in [0.05, 0.1) is 11.9 Å². The van der Waals surface area contributed by atoms with Crippen LogP contribution in [0.25, 0.3) is 0 Å². The maximum absolute atomic E-state index is 12.4. The predicted molar refractivity (Wildman–Crippen MR) is 75.4 cm³/mol. The molecular weight excluding hydrogens is 333 g/mol. The van der Waals surface area contributed by atoms with Crippen LogP contribution in [0, 0.1) is 0 Å². The third kappa shape index (κ3) is 3.72. The zero-order valence-electron chi connectivity index (χ0n) is 10.6. The van der Waals surface area contributed by atoms with Gasteiger partial charge in [-0.3, -0.25) is 0 Å². The van der Waals surface area contributed by atoms with Crippen molar-refractivity contribution in [1.82, 2.24) is 4.98 Å². The lowest BCUT2D eigenvalue weighted by Gasteiger charge is -2.16. The zero-order valence-corrected chi connectivity index (χ0v) is 12.2. The van der Waals surface area contributed by atoms with Crippen LogP contribution >= 0.6 is 15.9 Å². The molecule has 1 unspecified atom stereocenters. The molecule has 0 spiro atoms. The van der Waals surface area contributed by atoms with Crippen molar-refractivity contribution in [2.75, 3.05) is 5.32 Å². The average Bonchev–Trinajstić information content (AvgIpc) is 2.38. The minimum Gasteiger partial charge on any atom is -0.377 e. The Hall–Kier alpha value is -1.56. The number of rotatable bonds is 3. The van der Waals surface area contributed by atoms with E-state index in [0.717, 1.165) is 16.1 Å². The van der Waals surface area contributed by atoms with Crippen molar-refractivity contribution >= 4 is 21.6 Å². The summed E-state index contributed by atoms with van der Waals surface area (Å²) in [5.41, 5.74) is 0.683. The van der Waals surface area contributed by atoms with Crippen molar-refractivity contribution in [3.05, 3.63) is 58.3 Å². The van der Waals surface area contributed by atoms with E-state index in [1.54, 1.807) is 0 Å². The van der Waals surface area contributed by atoms with Crippen molar-refractivity contribution in [1.29, 1.82) is 0 Å². The fourth-order valence-corrected chi connectivity index (χ4v) is 2.17. The molecular formula is C14H12BrF3N2. The lowest BCUT2D eigenvalue weighted by atomic mass is 10.1. The van der Waals surface area contributed by atoms with E-state index >= 15 is 0 Å². The molecule has 1 atom stereocenters. The number of hydrogen-bond acceptors (Lipinski definition) is 2. The van der Waals surface area contributed by atoms with Gasteiger partial charge in [-0.1, -0.05) is 28.1 Å². The van der Waals surface area contributed by atoms with E-state index in [1.165, 1.54) is 12.3 Å². The van der Waals surface area contributed by atoms with Crippen molar-refractivity contribution in [2.24, 2.45) is 0 Å². The van der Waals surface area contributed by atoms with E-state index in [0.29, 0.717) is 5.69 Å². The quantitative estimate of drug-likeness (QED) is 0.843. The first-order valence-electron chi connectivity index (χ1n) is 5.91. The largest absolute Gasteiger partial charge is 0.433 e. The van der Waals surface area contributed by atoms with Crippen LogP contribution in [0.5, 0.6) is 0 Å². The number of alkyl halides is 3. The Morgan fingerprint density at radius 2 is 1.95 bits per heavy atom. The summed E-state index contributed by atoms with van der Waals surface area (Å²) in [7, 11) is 0. The molecule has 0 saturated heterocycles. The summed E-state index contributed by atoms with van der Waals surface area (Å²) in [5.74, 6) is 0. The van der Waals surface area contributed by atoms with E-state index in [-0.39, 0.29) is 6.04 Å². The van der Waals surface area contributed by atoms with Gasteiger partial charge in [-0.2, -0.15) is 13.2 Å². The monoisotopic (exact) mass is 344 g/mol. The van der Waals surface area contributed by atoms with Crippen molar-refractivity contribution in [3.63, 3.8) is 0 Å². The van der Waals surface area contributed by atoms with Crippen LogP contribution in [-0.2, 0) is 6.18 Å². The summed E-state index contributed by atoms with van der Waals surface area (Å²) < 4.78 is 38.2. The molecule has 0 amide bonds. The van der Waals surface area contributed by atoms with Gasteiger partial charge in [0, 0.05) is 10.5 Å². The highest BCUT2D eigenvalue weighted by atomic mass is 79.9. The van der Waals surface area contributed by atoms with E-state index in [1.807, 2.05) is 31.2 Å². The van der Waals surface area contributed by atoms with Crippen LogP contribution < -0.4 is 5.32 Å². The lowest BCUT2D eigenvalue weighted by molar-refractivity contribution is -0.141. The second-order valence-corrected chi connectivity index (χ2v) is 5.27. The molecule has 2 aromatic rings. The summed E-state index contributed by atoms with van der Waals surface area (Å²) in [5, 5.41) is 3.11. The Morgan fingerprint density at radius 1 is 1.20 bits per heavy atom. The van der Waals surface area contributed by atoms with Crippen LogP contribution in [0.4, 0.5) is 18.9 Å². The van der Waals surface area contributed by atoms with E-state index in [2.05, 4.69) is 26.2 Å². The predicted octanol–water partition coefficient (Wildman–Crippen LogP) is 5.04. The van der Waals surface area contributed by atoms with Gasteiger partial charge in [0.25, 0.3) is 0 Å². The van der Waals surface area contributed by atoms with E-state index in [4.69, 9.17) is 0 Å². The molecule has 0 aliphatic rings. The molecule has 6 heteroatoms. The summed E-state index contributed by atoms with van der Waals surface area (Å²) in [4.78, 5) is 3.42. The van der Waals surface area contributed by atoms with Gasteiger partial charge in [-0.25, -0.2) is 4.98 Å². The van der Waals surface area contributed by atoms with E-state index in [9.17, 15) is 13.2 Å². The molecule has 0 aliphatic carbocycles. The number of hydrogen-bond donors (Lipinski definition) is 1. The van der Waals surface area contributed by atoms with Gasteiger partial charge in [0.15, 0.2) is 0 Å². The first kappa shape index (κ1) is 14.8. The minimum atomic E-state index is -4.41. The molecule has 0 bridgehead atoms. The Labute approximate surface area is 123 Å². The number of aromatic nitrogens is 1. The topological polar surface area (TPSA) is 24.9 Å². The smallest absolute Gasteiger partial charge is 0.377 e. The number of nitrogens with zero attached hydrogens (tertiary/aromatic N) is 1. The molecule has 1 aromatic heterocycles. The van der Waals surface area contributed by atoms with E-state index < -0.39 is 11.9 Å². The van der Waals surface area contributed by atoms with Crippen molar-refractivity contribution < 1.29 is 13.2 Å². The molecule has 20 heavy (non-hydrogen) atoms. The lowest BCUT2D eigenvalue weighted by Crippen LogP contribution is -2.10. The fraction of sp³-hybridized carbons (Fsp3) is 0.214. The Bertz CT molecular complexity index is 582. The first-order valence-corrected chi connectivity index (χ1v) is 6.71. The molecule has 2 nitrogen and oxygen atoms in total. The van der Waals surface area contributed by atoms with Crippen LogP contribution in [0.2, 0.25) is 0 Å². The van der Waals surface area contributed by atoms with Crippen LogP contribution in [-0.4, -0.2) is 4.98 Å². The minimum absolute atomic E-state index is 0.0361. The van der Waals surface area contributed by atoms with Gasteiger partial charge in [-0.15, -0.1) is 0 Å². The Balaban J connectivity index is 2.10. The second kappa shape index (κ2) is 5.83. The summed E-state index contributed by atoms with van der Waals surface area (Å²) in [6.07, 6.45) is -3.22.